The van der Waals surface area contributed by atoms with Crippen molar-refractivity contribution in [3.05, 3.63) is 35.5 Å². The number of fused-ring (bicyclic) bond motifs is 1. The first-order chi connectivity index (χ1) is 9.22. The van der Waals surface area contributed by atoms with Crippen molar-refractivity contribution in [2.24, 2.45) is 0 Å². The van der Waals surface area contributed by atoms with Gasteiger partial charge in [0.15, 0.2) is 17.3 Å². The zero-order valence-electron chi connectivity index (χ0n) is 10.0. The summed E-state index contributed by atoms with van der Waals surface area (Å²) in [6, 6.07) is 7.23. The number of aromatic nitrogens is 1. The van der Waals surface area contributed by atoms with E-state index in [1.807, 2.05) is 18.2 Å². The van der Waals surface area contributed by atoms with Gasteiger partial charge in [0.1, 0.15) is 13.2 Å². The number of nitrogens with two attached hydrogens (primary N) is 1. The van der Waals surface area contributed by atoms with Crippen LogP contribution >= 0.6 is 11.6 Å². The summed E-state index contributed by atoms with van der Waals surface area (Å²) >= 11 is 5.81. The maximum absolute atomic E-state index is 5.84. The maximum atomic E-state index is 5.84. The monoisotopic (exact) mass is 277 g/mol. The Morgan fingerprint density at radius 2 is 1.95 bits per heavy atom. The average Bonchev–Trinajstić information content (AvgIpc) is 2.42. The summed E-state index contributed by atoms with van der Waals surface area (Å²) in [6.07, 6.45) is 1.54. The molecule has 0 fully saturated rings. The van der Waals surface area contributed by atoms with Gasteiger partial charge in [0.05, 0.1) is 10.7 Å². The average molecular weight is 278 g/mol. The van der Waals surface area contributed by atoms with Gasteiger partial charge in [-0.15, -0.1) is 0 Å². The van der Waals surface area contributed by atoms with Gasteiger partial charge in [-0.25, -0.2) is 4.98 Å². The van der Waals surface area contributed by atoms with Gasteiger partial charge in [0.25, 0.3) is 0 Å². The SMILES string of the molecule is Nc1cc(Cl)cnc1Nc1ccc2c(c1)OCCO2. The molecule has 1 aromatic carbocycles. The molecule has 2 aromatic rings. The summed E-state index contributed by atoms with van der Waals surface area (Å²) in [5.74, 6) is 2.01. The van der Waals surface area contributed by atoms with Gasteiger partial charge in [-0.05, 0) is 18.2 Å². The summed E-state index contributed by atoms with van der Waals surface area (Å²) in [4.78, 5) is 4.15. The lowest BCUT2D eigenvalue weighted by Gasteiger charge is -2.19. The Hall–Kier alpha value is -2.14. The Morgan fingerprint density at radius 1 is 1.16 bits per heavy atom. The van der Waals surface area contributed by atoms with Crippen LogP contribution in [0.25, 0.3) is 0 Å². The summed E-state index contributed by atoms with van der Waals surface area (Å²) in [7, 11) is 0. The highest BCUT2D eigenvalue weighted by atomic mass is 35.5. The van der Waals surface area contributed by atoms with Crippen molar-refractivity contribution < 1.29 is 9.47 Å². The number of nitrogen functional groups attached to an aromatic ring is 1. The lowest BCUT2D eigenvalue weighted by atomic mass is 10.2. The Morgan fingerprint density at radius 3 is 2.74 bits per heavy atom. The minimum atomic E-state index is 0.488. The molecule has 0 bridgehead atoms. The molecular weight excluding hydrogens is 266 g/mol. The van der Waals surface area contributed by atoms with Crippen molar-refractivity contribution in [3.8, 4) is 11.5 Å². The lowest BCUT2D eigenvalue weighted by molar-refractivity contribution is 0.171. The first-order valence-corrected chi connectivity index (χ1v) is 6.18. The van der Waals surface area contributed by atoms with Crippen LogP contribution in [0.5, 0.6) is 11.5 Å². The van der Waals surface area contributed by atoms with Crippen LogP contribution in [0.4, 0.5) is 17.2 Å². The normalized spacial score (nSPS) is 13.1. The zero-order valence-corrected chi connectivity index (χ0v) is 10.8. The van der Waals surface area contributed by atoms with Crippen LogP contribution in [0.1, 0.15) is 0 Å². The molecule has 3 N–H and O–H groups in total. The Kier molecular flexibility index (Phi) is 3.05. The summed E-state index contributed by atoms with van der Waals surface area (Å²) < 4.78 is 11.0. The van der Waals surface area contributed by atoms with Gasteiger partial charge in [-0.1, -0.05) is 11.6 Å². The maximum Gasteiger partial charge on any atom is 0.163 e. The number of benzene rings is 1. The molecule has 1 aromatic heterocycles. The molecule has 6 heteroatoms. The largest absolute Gasteiger partial charge is 0.486 e. The quantitative estimate of drug-likeness (QED) is 0.883. The van der Waals surface area contributed by atoms with E-state index in [-0.39, 0.29) is 0 Å². The van der Waals surface area contributed by atoms with Gasteiger partial charge in [-0.3, -0.25) is 0 Å². The first-order valence-electron chi connectivity index (χ1n) is 5.80. The standard InChI is InChI=1S/C13H12ClN3O2/c14-8-5-10(15)13(16-7-8)17-9-1-2-11-12(6-9)19-4-3-18-11/h1-2,5-7H,3-4,15H2,(H,16,17). The molecule has 0 unspecified atom stereocenters. The van der Waals surface area contributed by atoms with Gasteiger partial charge < -0.3 is 20.5 Å². The van der Waals surface area contributed by atoms with Crippen molar-refractivity contribution in [2.45, 2.75) is 0 Å². The lowest BCUT2D eigenvalue weighted by Crippen LogP contribution is -2.15. The van der Waals surface area contributed by atoms with Crippen LogP contribution in [0.3, 0.4) is 0 Å². The molecule has 0 atom stereocenters. The van der Waals surface area contributed by atoms with Gasteiger partial charge >= 0.3 is 0 Å². The molecule has 1 aliphatic heterocycles. The number of nitrogens with zero attached hydrogens (tertiary/aromatic N) is 1. The molecule has 0 saturated heterocycles. The van der Waals surface area contributed by atoms with Crippen molar-refractivity contribution in [3.63, 3.8) is 0 Å². The summed E-state index contributed by atoms with van der Waals surface area (Å²) in [5.41, 5.74) is 7.15. The fourth-order valence-corrected chi connectivity index (χ4v) is 1.98. The first kappa shape index (κ1) is 11.9. The van der Waals surface area contributed by atoms with Crippen LogP contribution < -0.4 is 20.5 Å². The molecule has 3 rings (SSSR count). The van der Waals surface area contributed by atoms with Crippen LogP contribution in [-0.4, -0.2) is 18.2 Å². The van der Waals surface area contributed by atoms with Crippen LogP contribution in [0.15, 0.2) is 30.5 Å². The molecule has 0 radical (unpaired) electrons. The number of ether oxygens (including phenoxy) is 2. The number of hydrogen-bond acceptors (Lipinski definition) is 5. The van der Waals surface area contributed by atoms with Gasteiger partial charge in [0.2, 0.25) is 0 Å². The van der Waals surface area contributed by atoms with Crippen molar-refractivity contribution in [2.75, 3.05) is 24.3 Å². The number of pyridine rings is 1. The van der Waals surface area contributed by atoms with Crippen molar-refractivity contribution in [1.82, 2.24) is 4.98 Å². The zero-order chi connectivity index (χ0) is 13.2. The van der Waals surface area contributed by atoms with Crippen LogP contribution in [0, 0.1) is 0 Å². The minimum absolute atomic E-state index is 0.488. The number of nitrogens with one attached hydrogen (secondary N) is 1. The smallest absolute Gasteiger partial charge is 0.163 e. The topological polar surface area (TPSA) is 69.4 Å². The third kappa shape index (κ3) is 2.51. The summed E-state index contributed by atoms with van der Waals surface area (Å²) in [6.45, 7) is 1.13. The molecule has 98 valence electrons. The highest BCUT2D eigenvalue weighted by Crippen LogP contribution is 2.34. The third-order valence-corrected chi connectivity index (χ3v) is 2.90. The Bertz CT molecular complexity index is 619. The van der Waals surface area contributed by atoms with E-state index in [0.29, 0.717) is 35.5 Å². The predicted octanol–water partition coefficient (Wildman–Crippen LogP) is 2.83. The van der Waals surface area contributed by atoms with Crippen molar-refractivity contribution >= 4 is 28.8 Å². The molecule has 1 aliphatic rings. The molecule has 0 saturated carbocycles. The van der Waals surface area contributed by atoms with E-state index in [0.717, 1.165) is 11.4 Å². The van der Waals surface area contributed by atoms with Crippen LogP contribution in [-0.2, 0) is 0 Å². The number of anilines is 3. The number of hydrogen-bond donors (Lipinski definition) is 2. The third-order valence-electron chi connectivity index (χ3n) is 2.69. The van der Waals surface area contributed by atoms with E-state index in [1.165, 1.54) is 6.20 Å². The summed E-state index contributed by atoms with van der Waals surface area (Å²) in [5, 5.41) is 3.62. The molecule has 2 heterocycles. The highest BCUT2D eigenvalue weighted by molar-refractivity contribution is 6.30. The van der Waals surface area contributed by atoms with E-state index >= 15 is 0 Å². The van der Waals surface area contributed by atoms with E-state index in [1.54, 1.807) is 6.07 Å². The van der Waals surface area contributed by atoms with E-state index in [4.69, 9.17) is 26.8 Å². The minimum Gasteiger partial charge on any atom is -0.486 e. The second-order valence-corrected chi connectivity index (χ2v) is 4.51. The van der Waals surface area contributed by atoms with E-state index in [9.17, 15) is 0 Å². The number of rotatable bonds is 2. The van der Waals surface area contributed by atoms with Crippen molar-refractivity contribution in [1.29, 1.82) is 0 Å². The predicted molar refractivity (Wildman–Crippen MR) is 74.4 cm³/mol. The van der Waals surface area contributed by atoms with E-state index in [2.05, 4.69) is 10.3 Å². The molecule has 0 aliphatic carbocycles. The van der Waals surface area contributed by atoms with Gasteiger partial charge in [-0.2, -0.15) is 0 Å². The second kappa shape index (κ2) is 4.85. The molecular formula is C13H12ClN3O2. The Labute approximate surface area is 115 Å². The van der Waals surface area contributed by atoms with E-state index < -0.39 is 0 Å². The second-order valence-electron chi connectivity index (χ2n) is 4.07. The van der Waals surface area contributed by atoms with Gasteiger partial charge in [0, 0.05) is 18.0 Å². The highest BCUT2D eigenvalue weighted by Gasteiger charge is 2.12. The Balaban J connectivity index is 1.87. The fraction of sp³-hybridized carbons (Fsp3) is 0.154. The molecule has 19 heavy (non-hydrogen) atoms. The molecule has 5 nitrogen and oxygen atoms in total. The van der Waals surface area contributed by atoms with Crippen LogP contribution in [0.2, 0.25) is 5.02 Å². The molecule has 0 spiro atoms. The fourth-order valence-electron chi connectivity index (χ4n) is 1.82. The molecule has 0 amide bonds. The number of halogens is 1.